The molecule has 0 saturated carbocycles. The fourth-order valence-electron chi connectivity index (χ4n) is 7.81. The van der Waals surface area contributed by atoms with Gasteiger partial charge < -0.3 is 39.9 Å². The number of hydrogen-bond acceptors (Lipinski definition) is 8. The zero-order chi connectivity index (χ0) is 39.9. The molecule has 2 unspecified atom stereocenters. The normalized spacial score (nSPS) is 17.9. The SMILES string of the molecule is COC(=O)N[C@@H](CC(C)C)C(=O)N1CCCC1c1ncc(-c2ccc(-c3ccc(-c4cnc(C5CCCN5C(=O)[C@H](CC(C)C)NC(=O)OC)[nH]4)cc3)cc2)[nH]1. The molecule has 14 nitrogen and oxygen atoms in total. The van der Waals surface area contributed by atoms with Gasteiger partial charge in [0.1, 0.15) is 23.7 Å². The average Bonchev–Trinajstić information content (AvgIpc) is 4.03. The number of hydrogen-bond donors (Lipinski definition) is 4. The Morgan fingerprint density at radius 2 is 1.00 bits per heavy atom. The van der Waals surface area contributed by atoms with Gasteiger partial charge in [0.2, 0.25) is 11.8 Å². The monoisotopic (exact) mass is 766 g/mol. The van der Waals surface area contributed by atoms with Gasteiger partial charge >= 0.3 is 12.2 Å². The van der Waals surface area contributed by atoms with Crippen LogP contribution in [0.3, 0.4) is 0 Å². The number of carbonyl (C=O) groups is 4. The summed E-state index contributed by atoms with van der Waals surface area (Å²) in [6, 6.07) is 14.8. The van der Waals surface area contributed by atoms with Crippen LogP contribution in [0, 0.1) is 11.8 Å². The van der Waals surface area contributed by atoms with E-state index in [0.717, 1.165) is 71.0 Å². The van der Waals surface area contributed by atoms with E-state index in [9.17, 15) is 19.2 Å². The van der Waals surface area contributed by atoms with Gasteiger partial charge in [-0.1, -0.05) is 76.2 Å². The molecule has 4 N–H and O–H groups in total. The highest BCUT2D eigenvalue weighted by Crippen LogP contribution is 2.35. The van der Waals surface area contributed by atoms with Gasteiger partial charge in [-0.05, 0) is 72.6 Å². The van der Waals surface area contributed by atoms with Gasteiger partial charge in [0.05, 0.1) is 50.1 Å². The fraction of sp³-hybridized carbons (Fsp3) is 0.476. The lowest BCUT2D eigenvalue weighted by atomic mass is 10.0. The molecule has 298 valence electrons. The lowest BCUT2D eigenvalue weighted by molar-refractivity contribution is -0.135. The van der Waals surface area contributed by atoms with Crippen LogP contribution >= 0.6 is 0 Å². The van der Waals surface area contributed by atoms with Crippen LogP contribution in [-0.2, 0) is 19.1 Å². The van der Waals surface area contributed by atoms with E-state index in [1.807, 2.05) is 37.5 Å². The number of carbonyl (C=O) groups excluding carboxylic acids is 4. The first-order valence-electron chi connectivity index (χ1n) is 19.6. The van der Waals surface area contributed by atoms with Gasteiger partial charge in [0.15, 0.2) is 0 Å². The molecule has 0 radical (unpaired) electrons. The first-order valence-corrected chi connectivity index (χ1v) is 19.6. The Morgan fingerprint density at radius 3 is 1.34 bits per heavy atom. The number of H-pyrrole nitrogens is 2. The van der Waals surface area contributed by atoms with Crippen molar-refractivity contribution in [3.63, 3.8) is 0 Å². The van der Waals surface area contributed by atoms with Gasteiger partial charge in [-0.3, -0.25) is 9.59 Å². The number of likely N-dealkylation sites (tertiary alicyclic amines) is 2. The molecule has 14 heteroatoms. The van der Waals surface area contributed by atoms with Crippen LogP contribution in [0.5, 0.6) is 0 Å². The van der Waals surface area contributed by atoms with Crippen molar-refractivity contribution in [2.24, 2.45) is 11.8 Å². The summed E-state index contributed by atoms with van der Waals surface area (Å²) in [6.07, 6.45) is 6.69. The second kappa shape index (κ2) is 17.9. The number of amides is 4. The third-order valence-corrected chi connectivity index (χ3v) is 10.6. The van der Waals surface area contributed by atoms with Crippen molar-refractivity contribution in [1.82, 2.24) is 40.4 Å². The lowest BCUT2D eigenvalue weighted by Crippen LogP contribution is -2.49. The maximum atomic E-state index is 13.6. The molecular weight excluding hydrogens is 713 g/mol. The van der Waals surface area contributed by atoms with Crippen molar-refractivity contribution in [2.45, 2.75) is 90.4 Å². The predicted molar refractivity (Wildman–Crippen MR) is 212 cm³/mol. The topological polar surface area (TPSA) is 175 Å². The summed E-state index contributed by atoms with van der Waals surface area (Å²) >= 11 is 0. The minimum atomic E-state index is -0.664. The van der Waals surface area contributed by atoms with Crippen LogP contribution in [0.1, 0.15) is 90.0 Å². The molecule has 0 spiro atoms. The van der Waals surface area contributed by atoms with E-state index < -0.39 is 24.3 Å². The molecule has 0 bridgehead atoms. The maximum absolute atomic E-state index is 13.6. The highest BCUT2D eigenvalue weighted by Gasteiger charge is 2.38. The van der Waals surface area contributed by atoms with Gasteiger partial charge in [-0.25, -0.2) is 19.6 Å². The van der Waals surface area contributed by atoms with Crippen LogP contribution in [0.15, 0.2) is 60.9 Å². The molecule has 2 aliphatic rings. The summed E-state index contributed by atoms with van der Waals surface area (Å²) in [6.45, 7) is 9.28. The van der Waals surface area contributed by atoms with Gasteiger partial charge in [-0.15, -0.1) is 0 Å². The van der Waals surface area contributed by atoms with Crippen molar-refractivity contribution in [3.8, 4) is 33.6 Å². The summed E-state index contributed by atoms with van der Waals surface area (Å²) in [7, 11) is 2.60. The van der Waals surface area contributed by atoms with Gasteiger partial charge in [-0.2, -0.15) is 0 Å². The third-order valence-electron chi connectivity index (χ3n) is 10.6. The van der Waals surface area contributed by atoms with Crippen molar-refractivity contribution in [3.05, 3.63) is 72.6 Å². The number of ether oxygens (including phenoxy) is 2. The van der Waals surface area contributed by atoms with Crippen LogP contribution < -0.4 is 10.6 Å². The number of rotatable bonds is 13. The quantitative estimate of drug-likeness (QED) is 0.113. The van der Waals surface area contributed by atoms with Gasteiger partial charge in [0, 0.05) is 13.1 Å². The Hall–Kier alpha value is -5.66. The Morgan fingerprint density at radius 1 is 0.643 bits per heavy atom. The van der Waals surface area contributed by atoms with Crippen molar-refractivity contribution in [1.29, 1.82) is 0 Å². The molecule has 2 aliphatic heterocycles. The average molecular weight is 767 g/mol. The highest BCUT2D eigenvalue weighted by atomic mass is 16.5. The number of aromatic nitrogens is 4. The zero-order valence-corrected chi connectivity index (χ0v) is 33.1. The molecule has 2 aromatic heterocycles. The minimum absolute atomic E-state index is 0.123. The summed E-state index contributed by atoms with van der Waals surface area (Å²) in [5, 5.41) is 5.45. The molecule has 0 aliphatic carbocycles. The Labute approximate surface area is 328 Å². The molecule has 2 aromatic carbocycles. The van der Waals surface area contributed by atoms with Crippen molar-refractivity contribution >= 4 is 24.0 Å². The Balaban J connectivity index is 1.10. The highest BCUT2D eigenvalue weighted by molar-refractivity contribution is 5.87. The molecule has 2 saturated heterocycles. The number of aromatic amines is 2. The molecule has 2 fully saturated rings. The smallest absolute Gasteiger partial charge is 0.407 e. The van der Waals surface area contributed by atoms with E-state index >= 15 is 0 Å². The summed E-state index contributed by atoms with van der Waals surface area (Å²) in [4.78, 5) is 71.2. The first kappa shape index (κ1) is 40.0. The predicted octanol–water partition coefficient (Wildman–Crippen LogP) is 7.00. The number of nitrogens with zero attached hydrogens (tertiary/aromatic N) is 4. The summed E-state index contributed by atoms with van der Waals surface area (Å²) in [5.74, 6) is 1.64. The molecule has 4 aromatic rings. The molecule has 56 heavy (non-hydrogen) atoms. The Kier molecular flexibility index (Phi) is 12.8. The van der Waals surface area contributed by atoms with E-state index in [0.29, 0.717) is 25.9 Å². The van der Waals surface area contributed by atoms with E-state index in [1.54, 1.807) is 12.4 Å². The van der Waals surface area contributed by atoms with Crippen LogP contribution in [0.2, 0.25) is 0 Å². The van der Waals surface area contributed by atoms with Gasteiger partial charge in [0.25, 0.3) is 0 Å². The van der Waals surface area contributed by atoms with Crippen molar-refractivity contribution < 1.29 is 28.7 Å². The zero-order valence-electron chi connectivity index (χ0n) is 33.1. The first-order chi connectivity index (χ1) is 26.9. The number of imidazole rings is 2. The number of nitrogens with one attached hydrogen (secondary N) is 4. The summed E-state index contributed by atoms with van der Waals surface area (Å²) in [5.41, 5.74) is 5.80. The standard InChI is InChI=1S/C42H54N8O6/c1-25(2)21-31(47-41(53)55-5)39(51)49-19-7-9-35(49)37-43-23-33(45-37)29-15-11-27(12-16-29)28-13-17-30(18-14-28)34-24-44-38(46-34)36-10-8-20-50(36)40(52)32(22-26(3)4)48-42(54)56-6/h11-18,23-26,31-32,35-36H,7-10,19-22H2,1-6H3,(H,43,45)(H,44,46)(H,47,53)(H,48,54)/t31-,32-,35?,36?/m0/s1. The van der Waals surface area contributed by atoms with E-state index in [-0.39, 0.29) is 35.7 Å². The number of benzene rings is 2. The largest absolute Gasteiger partial charge is 0.453 e. The van der Waals surface area contributed by atoms with Crippen LogP contribution in [0.25, 0.3) is 33.6 Å². The molecule has 4 amide bonds. The van der Waals surface area contributed by atoms with E-state index in [2.05, 4.69) is 79.1 Å². The maximum Gasteiger partial charge on any atom is 0.407 e. The fourth-order valence-corrected chi connectivity index (χ4v) is 7.81. The molecule has 6 rings (SSSR count). The van der Waals surface area contributed by atoms with Crippen molar-refractivity contribution in [2.75, 3.05) is 27.3 Å². The van der Waals surface area contributed by atoms with E-state index in [4.69, 9.17) is 9.47 Å². The summed E-state index contributed by atoms with van der Waals surface area (Å²) < 4.78 is 9.57. The van der Waals surface area contributed by atoms with E-state index in [1.165, 1.54) is 14.2 Å². The van der Waals surface area contributed by atoms with Crippen LogP contribution in [-0.4, -0.2) is 93.1 Å². The number of alkyl carbamates (subject to hydrolysis) is 2. The van der Waals surface area contributed by atoms with Crippen LogP contribution in [0.4, 0.5) is 9.59 Å². The molecule has 4 heterocycles. The lowest BCUT2D eigenvalue weighted by Gasteiger charge is -2.29. The number of methoxy groups -OCH3 is 2. The minimum Gasteiger partial charge on any atom is -0.453 e. The third kappa shape index (κ3) is 9.23. The Bertz CT molecular complexity index is 1830. The second-order valence-electron chi connectivity index (χ2n) is 15.5. The molecule has 4 atom stereocenters. The second-order valence-corrected chi connectivity index (χ2v) is 15.5. The molecular formula is C42H54N8O6.